The maximum absolute atomic E-state index is 12.6. The molecule has 2 aromatic rings. The van der Waals surface area contributed by atoms with E-state index in [1.54, 1.807) is 17.0 Å². The second-order valence-corrected chi connectivity index (χ2v) is 7.87. The van der Waals surface area contributed by atoms with Crippen LogP contribution in [0.15, 0.2) is 42.7 Å². The smallest absolute Gasteiger partial charge is 0.232 e. The molecule has 1 saturated carbocycles. The van der Waals surface area contributed by atoms with Crippen molar-refractivity contribution in [2.45, 2.75) is 44.9 Å². The summed E-state index contributed by atoms with van der Waals surface area (Å²) in [5.41, 5.74) is 1.12. The number of imidazole rings is 1. The summed E-state index contributed by atoms with van der Waals surface area (Å²) in [6.07, 6.45) is 9.61. The van der Waals surface area contributed by atoms with Crippen molar-refractivity contribution in [1.82, 2.24) is 14.5 Å². The minimum absolute atomic E-state index is 0.0524. The van der Waals surface area contributed by atoms with Gasteiger partial charge in [-0.1, -0.05) is 43.2 Å². The van der Waals surface area contributed by atoms with Crippen molar-refractivity contribution in [3.8, 4) is 0 Å². The Kier molecular flexibility index (Phi) is 5.37. The molecule has 0 radical (unpaired) electrons. The maximum Gasteiger partial charge on any atom is 0.232 e. The number of likely N-dealkylation sites (tertiary alicyclic amines) is 1. The molecular formula is C22H27N3O2. The number of nitrogens with zero attached hydrogens (tertiary/aromatic N) is 3. The molecule has 0 N–H and O–H groups in total. The lowest BCUT2D eigenvalue weighted by atomic mass is 9.82. The number of benzene rings is 1. The van der Waals surface area contributed by atoms with Crippen LogP contribution in [0.2, 0.25) is 0 Å². The molecule has 1 saturated heterocycles. The molecule has 2 aliphatic rings. The quantitative estimate of drug-likeness (QED) is 0.814. The van der Waals surface area contributed by atoms with Crippen LogP contribution in [-0.2, 0) is 11.2 Å². The van der Waals surface area contributed by atoms with Gasteiger partial charge in [0.2, 0.25) is 11.8 Å². The zero-order valence-electron chi connectivity index (χ0n) is 15.7. The van der Waals surface area contributed by atoms with Crippen LogP contribution in [0.3, 0.4) is 0 Å². The fourth-order valence-electron chi connectivity index (χ4n) is 4.57. The first kappa shape index (κ1) is 18.0. The Labute approximate surface area is 160 Å². The first-order valence-corrected chi connectivity index (χ1v) is 10.1. The average Bonchev–Trinajstić information content (AvgIpc) is 3.33. The Morgan fingerprint density at radius 3 is 2.33 bits per heavy atom. The number of carbonyl (C=O) groups excluding carboxylic acids is 2. The summed E-state index contributed by atoms with van der Waals surface area (Å²) in [6, 6.07) is 9.99. The van der Waals surface area contributed by atoms with Crippen LogP contribution in [-0.4, -0.2) is 39.4 Å². The summed E-state index contributed by atoms with van der Waals surface area (Å²) in [7, 11) is 0. The van der Waals surface area contributed by atoms with E-state index < -0.39 is 0 Å². The summed E-state index contributed by atoms with van der Waals surface area (Å²) in [6.45, 7) is 1.78. The highest BCUT2D eigenvalue weighted by Crippen LogP contribution is 2.36. The van der Waals surface area contributed by atoms with Gasteiger partial charge >= 0.3 is 0 Å². The summed E-state index contributed by atoms with van der Waals surface area (Å²) in [5.74, 6) is 2.17. The Balaban J connectivity index is 1.32. The zero-order chi connectivity index (χ0) is 18.6. The number of hydrogen-bond acceptors (Lipinski definition) is 3. The monoisotopic (exact) mass is 365 g/mol. The molecule has 1 aliphatic heterocycles. The maximum atomic E-state index is 12.6. The average molecular weight is 365 g/mol. The van der Waals surface area contributed by atoms with E-state index in [-0.39, 0.29) is 18.2 Å². The van der Waals surface area contributed by atoms with Gasteiger partial charge in [-0.25, -0.2) is 4.98 Å². The molecule has 27 heavy (non-hydrogen) atoms. The number of carbonyl (C=O) groups is 2. The van der Waals surface area contributed by atoms with Crippen LogP contribution in [0.5, 0.6) is 0 Å². The zero-order valence-corrected chi connectivity index (χ0v) is 15.7. The largest absolute Gasteiger partial charge is 0.342 e. The highest BCUT2D eigenvalue weighted by molar-refractivity contribution is 5.85. The van der Waals surface area contributed by atoms with Crippen molar-refractivity contribution in [1.29, 1.82) is 0 Å². The van der Waals surface area contributed by atoms with Crippen molar-refractivity contribution in [2.24, 2.45) is 11.8 Å². The molecule has 2 heterocycles. The van der Waals surface area contributed by atoms with Crippen molar-refractivity contribution in [3.05, 3.63) is 54.1 Å². The Morgan fingerprint density at radius 1 is 0.963 bits per heavy atom. The summed E-state index contributed by atoms with van der Waals surface area (Å²) in [4.78, 5) is 31.6. The molecule has 1 aliphatic carbocycles. The van der Waals surface area contributed by atoms with E-state index in [2.05, 4.69) is 4.98 Å². The van der Waals surface area contributed by atoms with Gasteiger partial charge in [0.25, 0.3) is 0 Å². The lowest BCUT2D eigenvalue weighted by Gasteiger charge is -2.22. The third-order valence-corrected chi connectivity index (χ3v) is 6.07. The second kappa shape index (κ2) is 8.07. The first-order valence-electron chi connectivity index (χ1n) is 10.1. The van der Waals surface area contributed by atoms with Crippen LogP contribution in [0.25, 0.3) is 0 Å². The highest BCUT2D eigenvalue weighted by atomic mass is 16.2. The Bertz CT molecular complexity index is 785. The number of rotatable bonds is 5. The van der Waals surface area contributed by atoms with Gasteiger partial charge in [0.1, 0.15) is 5.82 Å². The number of amides is 1. The van der Waals surface area contributed by atoms with Crippen LogP contribution < -0.4 is 0 Å². The van der Waals surface area contributed by atoms with E-state index in [1.807, 2.05) is 35.2 Å². The standard InChI is InChI=1S/C22H27N3O2/c26-21(24-15-18-8-4-5-9-19(18)16-24)10-11-22(27)25-13-12-23-20(25)14-17-6-2-1-3-7-17/h1-3,6-7,12-13,18-19H,4-5,8-11,14-16H2. The van der Waals surface area contributed by atoms with Gasteiger partial charge in [0, 0.05) is 44.7 Å². The van der Waals surface area contributed by atoms with E-state index in [4.69, 9.17) is 0 Å². The summed E-state index contributed by atoms with van der Waals surface area (Å²) < 4.78 is 1.60. The van der Waals surface area contributed by atoms with E-state index in [0.29, 0.717) is 24.7 Å². The van der Waals surface area contributed by atoms with Gasteiger partial charge in [-0.2, -0.15) is 0 Å². The Hall–Kier alpha value is -2.43. The second-order valence-electron chi connectivity index (χ2n) is 7.87. The molecule has 5 nitrogen and oxygen atoms in total. The molecule has 0 spiro atoms. The van der Waals surface area contributed by atoms with Crippen LogP contribution in [0.1, 0.15) is 54.7 Å². The summed E-state index contributed by atoms with van der Waals surface area (Å²) >= 11 is 0. The molecule has 2 fully saturated rings. The van der Waals surface area contributed by atoms with Gasteiger partial charge in [-0.05, 0) is 30.2 Å². The Morgan fingerprint density at radius 2 is 1.63 bits per heavy atom. The van der Waals surface area contributed by atoms with E-state index in [9.17, 15) is 9.59 Å². The minimum Gasteiger partial charge on any atom is -0.342 e. The van der Waals surface area contributed by atoms with Gasteiger partial charge in [0.15, 0.2) is 0 Å². The van der Waals surface area contributed by atoms with Gasteiger partial charge < -0.3 is 4.90 Å². The van der Waals surface area contributed by atoms with Crippen molar-refractivity contribution in [2.75, 3.05) is 13.1 Å². The predicted octanol–water partition coefficient (Wildman–Crippen LogP) is 3.54. The van der Waals surface area contributed by atoms with Gasteiger partial charge in [-0.15, -0.1) is 0 Å². The lowest BCUT2D eigenvalue weighted by molar-refractivity contribution is -0.130. The molecule has 142 valence electrons. The number of hydrogen-bond donors (Lipinski definition) is 0. The van der Waals surface area contributed by atoms with Crippen LogP contribution in [0.4, 0.5) is 0 Å². The van der Waals surface area contributed by atoms with E-state index in [0.717, 1.165) is 24.5 Å². The van der Waals surface area contributed by atoms with Gasteiger partial charge in [0.05, 0.1) is 0 Å². The molecule has 4 rings (SSSR count). The molecule has 1 aromatic carbocycles. The molecule has 1 aromatic heterocycles. The normalized spacial score (nSPS) is 21.9. The fraction of sp³-hybridized carbons (Fsp3) is 0.500. The SMILES string of the molecule is O=C(CCC(=O)n1ccnc1Cc1ccccc1)N1CC2CCCCC2C1. The molecular weight excluding hydrogens is 338 g/mol. The predicted molar refractivity (Wildman–Crippen MR) is 103 cm³/mol. The van der Waals surface area contributed by atoms with E-state index >= 15 is 0 Å². The highest BCUT2D eigenvalue weighted by Gasteiger charge is 2.36. The third-order valence-electron chi connectivity index (χ3n) is 6.07. The first-order chi connectivity index (χ1) is 13.2. The van der Waals surface area contributed by atoms with Crippen molar-refractivity contribution >= 4 is 11.8 Å². The number of fused-ring (bicyclic) bond motifs is 1. The van der Waals surface area contributed by atoms with Crippen molar-refractivity contribution < 1.29 is 9.59 Å². The van der Waals surface area contributed by atoms with E-state index in [1.165, 1.54) is 25.7 Å². The van der Waals surface area contributed by atoms with Crippen molar-refractivity contribution in [3.63, 3.8) is 0 Å². The molecule has 2 atom stereocenters. The fourth-order valence-corrected chi connectivity index (χ4v) is 4.57. The topological polar surface area (TPSA) is 55.2 Å². The van der Waals surface area contributed by atoms with Gasteiger partial charge in [-0.3, -0.25) is 14.2 Å². The number of aromatic nitrogens is 2. The molecule has 1 amide bonds. The molecule has 2 unspecified atom stereocenters. The van der Waals surface area contributed by atoms with Crippen LogP contribution >= 0.6 is 0 Å². The lowest BCUT2D eigenvalue weighted by Crippen LogP contribution is -2.29. The molecule has 5 heteroatoms. The third kappa shape index (κ3) is 4.12. The van der Waals surface area contributed by atoms with Crippen LogP contribution in [0, 0.1) is 11.8 Å². The molecule has 0 bridgehead atoms. The minimum atomic E-state index is -0.0524. The summed E-state index contributed by atoms with van der Waals surface area (Å²) in [5, 5.41) is 0.